The van der Waals surface area contributed by atoms with Crippen LogP contribution < -0.4 is 5.32 Å². The van der Waals surface area contributed by atoms with Crippen LogP contribution in [0.25, 0.3) is 0 Å². The molecule has 1 heterocycles. The number of pyridine rings is 1. The summed E-state index contributed by atoms with van der Waals surface area (Å²) in [6.07, 6.45) is 2.56. The molecule has 5 nitrogen and oxygen atoms in total. The summed E-state index contributed by atoms with van der Waals surface area (Å²) < 4.78 is 0. The summed E-state index contributed by atoms with van der Waals surface area (Å²) in [5.41, 5.74) is 2.19. The largest absolute Gasteiger partial charge is 0.306 e. The molecule has 1 rings (SSSR count). The summed E-state index contributed by atoms with van der Waals surface area (Å²) in [5, 5.41) is 14.4. The number of hydrogen-bond donors (Lipinski definition) is 1. The molecule has 0 radical (unpaired) electrons. The maximum absolute atomic E-state index is 11.0. The third-order valence-electron chi connectivity index (χ3n) is 3.38. The molecule has 0 bridgehead atoms. The van der Waals surface area contributed by atoms with E-state index in [1.54, 1.807) is 20.0 Å². The number of aryl methyl sites for hydroxylation is 1. The molecule has 0 saturated carbocycles. The Morgan fingerprint density at radius 3 is 2.56 bits per heavy atom. The average Bonchev–Trinajstić information content (AvgIpc) is 2.27. The zero-order valence-corrected chi connectivity index (χ0v) is 11.7. The van der Waals surface area contributed by atoms with Gasteiger partial charge in [0, 0.05) is 29.4 Å². The van der Waals surface area contributed by atoms with Gasteiger partial charge in [-0.1, -0.05) is 6.92 Å². The van der Waals surface area contributed by atoms with E-state index >= 15 is 0 Å². The van der Waals surface area contributed by atoms with Crippen LogP contribution in [0.2, 0.25) is 0 Å². The van der Waals surface area contributed by atoms with E-state index < -0.39 is 0 Å². The van der Waals surface area contributed by atoms with Gasteiger partial charge in [0.1, 0.15) is 0 Å². The SMILES string of the molecule is CCC(C)(C)NCc1ncc(C)c([N+](=O)[O-])c1C. The Morgan fingerprint density at radius 2 is 2.06 bits per heavy atom. The minimum Gasteiger partial charge on any atom is -0.306 e. The fourth-order valence-electron chi connectivity index (χ4n) is 1.67. The molecule has 1 aromatic heterocycles. The molecule has 0 unspecified atom stereocenters. The molecular formula is C13H21N3O2. The van der Waals surface area contributed by atoms with Crippen LogP contribution in [0.4, 0.5) is 5.69 Å². The maximum Gasteiger partial charge on any atom is 0.278 e. The second kappa shape index (κ2) is 5.44. The molecule has 0 saturated heterocycles. The predicted molar refractivity (Wildman–Crippen MR) is 71.6 cm³/mol. The zero-order chi connectivity index (χ0) is 13.9. The van der Waals surface area contributed by atoms with E-state index in [9.17, 15) is 10.1 Å². The highest BCUT2D eigenvalue weighted by Crippen LogP contribution is 2.24. The van der Waals surface area contributed by atoms with Gasteiger partial charge in [0.15, 0.2) is 0 Å². The molecule has 0 fully saturated rings. The lowest BCUT2D eigenvalue weighted by molar-refractivity contribution is -0.386. The molecule has 0 amide bonds. The second-order valence-corrected chi connectivity index (χ2v) is 5.21. The molecule has 5 heteroatoms. The van der Waals surface area contributed by atoms with Crippen molar-refractivity contribution in [3.63, 3.8) is 0 Å². The topological polar surface area (TPSA) is 68.1 Å². The molecule has 100 valence electrons. The first-order chi connectivity index (χ1) is 8.28. The summed E-state index contributed by atoms with van der Waals surface area (Å²) in [7, 11) is 0. The van der Waals surface area contributed by atoms with Crippen LogP contribution in [0, 0.1) is 24.0 Å². The molecule has 0 aromatic carbocycles. The van der Waals surface area contributed by atoms with Crippen molar-refractivity contribution in [3.8, 4) is 0 Å². The molecule has 1 aromatic rings. The van der Waals surface area contributed by atoms with Crippen molar-refractivity contribution in [3.05, 3.63) is 33.1 Å². The van der Waals surface area contributed by atoms with Crippen LogP contribution in [0.1, 0.15) is 44.0 Å². The highest BCUT2D eigenvalue weighted by atomic mass is 16.6. The van der Waals surface area contributed by atoms with E-state index in [0.29, 0.717) is 17.7 Å². The normalized spacial score (nSPS) is 11.6. The lowest BCUT2D eigenvalue weighted by Gasteiger charge is -2.24. The van der Waals surface area contributed by atoms with E-state index in [4.69, 9.17) is 0 Å². The van der Waals surface area contributed by atoms with Gasteiger partial charge in [0.05, 0.1) is 10.6 Å². The number of nitrogens with zero attached hydrogens (tertiary/aromatic N) is 2. The van der Waals surface area contributed by atoms with Gasteiger partial charge in [0.2, 0.25) is 0 Å². The van der Waals surface area contributed by atoms with Crippen molar-refractivity contribution in [1.82, 2.24) is 10.3 Å². The maximum atomic E-state index is 11.0. The summed E-state index contributed by atoms with van der Waals surface area (Å²) in [6, 6.07) is 0. The molecule has 0 aliphatic rings. The number of rotatable bonds is 5. The Hall–Kier alpha value is -1.49. The van der Waals surface area contributed by atoms with Crippen LogP contribution in [0.15, 0.2) is 6.20 Å². The highest BCUT2D eigenvalue weighted by Gasteiger charge is 2.20. The molecule has 18 heavy (non-hydrogen) atoms. The summed E-state index contributed by atoms with van der Waals surface area (Å²) in [5.74, 6) is 0. The van der Waals surface area contributed by atoms with Crippen LogP contribution in [-0.2, 0) is 6.54 Å². The van der Waals surface area contributed by atoms with E-state index in [-0.39, 0.29) is 16.1 Å². The molecule has 0 atom stereocenters. The number of hydrogen-bond acceptors (Lipinski definition) is 4. The van der Waals surface area contributed by atoms with Gasteiger partial charge in [-0.25, -0.2) is 0 Å². The average molecular weight is 251 g/mol. The van der Waals surface area contributed by atoms with Crippen LogP contribution in [-0.4, -0.2) is 15.4 Å². The molecular weight excluding hydrogens is 230 g/mol. The van der Waals surface area contributed by atoms with Crippen molar-refractivity contribution in [2.45, 2.75) is 53.1 Å². The van der Waals surface area contributed by atoms with Gasteiger partial charge in [0.25, 0.3) is 5.69 Å². The predicted octanol–water partition coefficient (Wildman–Crippen LogP) is 2.88. The van der Waals surface area contributed by atoms with Crippen molar-refractivity contribution >= 4 is 5.69 Å². The van der Waals surface area contributed by atoms with E-state index in [1.165, 1.54) is 0 Å². The smallest absolute Gasteiger partial charge is 0.278 e. The van der Waals surface area contributed by atoms with Gasteiger partial charge in [-0.05, 0) is 34.1 Å². The third-order valence-corrected chi connectivity index (χ3v) is 3.38. The Morgan fingerprint density at radius 1 is 1.44 bits per heavy atom. The monoisotopic (exact) mass is 251 g/mol. The van der Waals surface area contributed by atoms with Gasteiger partial charge in [-0.2, -0.15) is 0 Å². The first-order valence-corrected chi connectivity index (χ1v) is 6.13. The van der Waals surface area contributed by atoms with Crippen LogP contribution in [0.5, 0.6) is 0 Å². The first kappa shape index (κ1) is 14.6. The van der Waals surface area contributed by atoms with Crippen molar-refractivity contribution in [2.24, 2.45) is 0 Å². The Kier molecular flexibility index (Phi) is 4.40. The minimum absolute atomic E-state index is 0.00772. The van der Waals surface area contributed by atoms with Gasteiger partial charge in [-0.15, -0.1) is 0 Å². The number of aromatic nitrogens is 1. The second-order valence-electron chi connectivity index (χ2n) is 5.21. The third kappa shape index (κ3) is 3.26. The lowest BCUT2D eigenvalue weighted by Crippen LogP contribution is -2.38. The van der Waals surface area contributed by atoms with Gasteiger partial charge >= 0.3 is 0 Å². The van der Waals surface area contributed by atoms with Crippen molar-refractivity contribution in [2.75, 3.05) is 0 Å². The zero-order valence-electron chi connectivity index (χ0n) is 11.7. The van der Waals surface area contributed by atoms with Gasteiger partial charge in [-0.3, -0.25) is 15.1 Å². The Labute approximate surface area is 108 Å². The Bertz CT molecular complexity index is 456. The lowest BCUT2D eigenvalue weighted by atomic mass is 10.0. The summed E-state index contributed by atoms with van der Waals surface area (Å²) in [6.45, 7) is 10.3. The standard InChI is InChI=1S/C13H21N3O2/c1-6-13(4,5)15-8-11-10(3)12(16(17)18)9(2)7-14-11/h7,15H,6,8H2,1-5H3. The minimum atomic E-state index is -0.333. The van der Waals surface area contributed by atoms with E-state index in [1.807, 2.05) is 0 Å². The van der Waals surface area contributed by atoms with Crippen LogP contribution >= 0.6 is 0 Å². The number of nitrogens with one attached hydrogen (secondary N) is 1. The summed E-state index contributed by atoms with van der Waals surface area (Å²) in [4.78, 5) is 15.0. The number of nitro groups is 1. The summed E-state index contributed by atoms with van der Waals surface area (Å²) >= 11 is 0. The van der Waals surface area contributed by atoms with Gasteiger partial charge < -0.3 is 5.32 Å². The first-order valence-electron chi connectivity index (χ1n) is 6.13. The van der Waals surface area contributed by atoms with E-state index in [0.717, 1.165) is 12.1 Å². The molecule has 0 aliphatic carbocycles. The van der Waals surface area contributed by atoms with E-state index in [2.05, 4.69) is 31.1 Å². The van der Waals surface area contributed by atoms with Crippen LogP contribution in [0.3, 0.4) is 0 Å². The fraction of sp³-hybridized carbons (Fsp3) is 0.615. The fourth-order valence-corrected chi connectivity index (χ4v) is 1.67. The highest BCUT2D eigenvalue weighted by molar-refractivity contribution is 5.47. The quantitative estimate of drug-likeness (QED) is 0.645. The van der Waals surface area contributed by atoms with Crippen molar-refractivity contribution < 1.29 is 4.92 Å². The van der Waals surface area contributed by atoms with Crippen molar-refractivity contribution in [1.29, 1.82) is 0 Å². The molecule has 0 aliphatic heterocycles. The Balaban J connectivity index is 2.98. The molecule has 0 spiro atoms. The molecule has 1 N–H and O–H groups in total.